The molecule has 0 aromatic carbocycles. The van der Waals surface area contributed by atoms with Crippen LogP contribution in [0.1, 0.15) is 65.1 Å². The standard InChI is InChI=1S/C15H27N3O2/c1-5-19-15(8-6-7-11(2)9-15)13-17-12(20-18-13)10-14(3,4)16/h11H,5-10,16H2,1-4H3. The summed E-state index contributed by atoms with van der Waals surface area (Å²) in [4.78, 5) is 4.56. The Bertz CT molecular complexity index is 435. The van der Waals surface area contributed by atoms with E-state index in [1.807, 2.05) is 20.8 Å². The van der Waals surface area contributed by atoms with Crippen molar-refractivity contribution in [1.82, 2.24) is 10.1 Å². The van der Waals surface area contributed by atoms with Crippen LogP contribution in [0, 0.1) is 5.92 Å². The first kappa shape index (κ1) is 15.4. The van der Waals surface area contributed by atoms with Gasteiger partial charge in [-0.05, 0) is 46.0 Å². The average Bonchev–Trinajstić information content (AvgIpc) is 2.76. The number of nitrogens with zero attached hydrogens (tertiary/aromatic N) is 2. The van der Waals surface area contributed by atoms with E-state index in [2.05, 4.69) is 17.1 Å². The maximum Gasteiger partial charge on any atom is 0.228 e. The molecule has 5 heteroatoms. The zero-order valence-electron chi connectivity index (χ0n) is 13.1. The summed E-state index contributed by atoms with van der Waals surface area (Å²) >= 11 is 0. The van der Waals surface area contributed by atoms with E-state index in [-0.39, 0.29) is 11.1 Å². The molecule has 1 fully saturated rings. The summed E-state index contributed by atoms with van der Waals surface area (Å²) in [5.41, 5.74) is 5.30. The molecule has 0 amide bonds. The normalized spacial score (nSPS) is 27.8. The topological polar surface area (TPSA) is 74.2 Å². The van der Waals surface area contributed by atoms with Gasteiger partial charge in [0.25, 0.3) is 0 Å². The summed E-state index contributed by atoms with van der Waals surface area (Å²) in [6, 6.07) is 0. The molecular formula is C15H27N3O2. The van der Waals surface area contributed by atoms with Crippen LogP contribution in [0.15, 0.2) is 4.52 Å². The van der Waals surface area contributed by atoms with E-state index in [1.165, 1.54) is 6.42 Å². The third-order valence-corrected chi connectivity index (χ3v) is 3.86. The largest absolute Gasteiger partial charge is 0.367 e. The minimum atomic E-state index is -0.368. The fourth-order valence-corrected chi connectivity index (χ4v) is 3.08. The first-order chi connectivity index (χ1) is 9.35. The summed E-state index contributed by atoms with van der Waals surface area (Å²) in [6.07, 6.45) is 4.91. The Balaban J connectivity index is 2.21. The van der Waals surface area contributed by atoms with Gasteiger partial charge in [0, 0.05) is 18.6 Å². The van der Waals surface area contributed by atoms with Gasteiger partial charge in [-0.2, -0.15) is 4.98 Å². The third-order valence-electron chi connectivity index (χ3n) is 3.86. The van der Waals surface area contributed by atoms with Crippen LogP contribution in [0.25, 0.3) is 0 Å². The quantitative estimate of drug-likeness (QED) is 0.898. The van der Waals surface area contributed by atoms with Gasteiger partial charge in [0.05, 0.1) is 0 Å². The lowest BCUT2D eigenvalue weighted by molar-refractivity contribution is -0.0891. The summed E-state index contributed by atoms with van der Waals surface area (Å²) in [5, 5.41) is 4.18. The predicted octanol–water partition coefficient (Wildman–Crippen LogP) is 2.79. The molecule has 1 saturated carbocycles. The molecule has 5 nitrogen and oxygen atoms in total. The molecule has 0 aliphatic heterocycles. The smallest absolute Gasteiger partial charge is 0.228 e. The van der Waals surface area contributed by atoms with Crippen LogP contribution in [0.5, 0.6) is 0 Å². The van der Waals surface area contributed by atoms with Crippen LogP contribution in [-0.4, -0.2) is 22.3 Å². The van der Waals surface area contributed by atoms with Gasteiger partial charge in [-0.3, -0.25) is 0 Å². The van der Waals surface area contributed by atoms with Crippen molar-refractivity contribution in [1.29, 1.82) is 0 Å². The highest BCUT2D eigenvalue weighted by Crippen LogP contribution is 2.41. The summed E-state index contributed by atoms with van der Waals surface area (Å²) in [5.74, 6) is 1.93. The molecule has 0 spiro atoms. The second-order valence-corrected chi connectivity index (χ2v) is 6.81. The Labute approximate surface area is 121 Å². The van der Waals surface area contributed by atoms with Crippen LogP contribution in [0.2, 0.25) is 0 Å². The Kier molecular flexibility index (Phi) is 4.49. The molecule has 1 aromatic heterocycles. The van der Waals surface area contributed by atoms with Crippen molar-refractivity contribution < 1.29 is 9.26 Å². The maximum atomic E-state index is 6.05. The van der Waals surface area contributed by atoms with Gasteiger partial charge in [0.15, 0.2) is 0 Å². The molecule has 1 aliphatic rings. The fourth-order valence-electron chi connectivity index (χ4n) is 3.08. The zero-order chi connectivity index (χ0) is 14.8. The molecule has 0 bridgehead atoms. The highest BCUT2D eigenvalue weighted by atomic mass is 16.5. The van der Waals surface area contributed by atoms with Gasteiger partial charge < -0.3 is 15.0 Å². The van der Waals surface area contributed by atoms with E-state index >= 15 is 0 Å². The van der Waals surface area contributed by atoms with Gasteiger partial charge in [-0.15, -0.1) is 0 Å². The first-order valence-electron chi connectivity index (χ1n) is 7.60. The molecular weight excluding hydrogens is 254 g/mol. The Hall–Kier alpha value is -0.940. The Morgan fingerprint density at radius 2 is 2.25 bits per heavy atom. The monoisotopic (exact) mass is 281 g/mol. The number of hydrogen-bond donors (Lipinski definition) is 1. The van der Waals surface area contributed by atoms with Gasteiger partial charge in [-0.25, -0.2) is 0 Å². The van der Waals surface area contributed by atoms with Gasteiger partial charge in [0.2, 0.25) is 11.7 Å². The second kappa shape index (κ2) is 5.82. The first-order valence-corrected chi connectivity index (χ1v) is 7.60. The molecule has 1 aliphatic carbocycles. The van der Waals surface area contributed by atoms with Crippen LogP contribution in [0.3, 0.4) is 0 Å². The lowest BCUT2D eigenvalue weighted by atomic mass is 9.78. The lowest BCUT2D eigenvalue weighted by Crippen LogP contribution is -2.37. The molecule has 114 valence electrons. The average molecular weight is 281 g/mol. The predicted molar refractivity (Wildman–Crippen MR) is 77.2 cm³/mol. The van der Waals surface area contributed by atoms with Crippen molar-refractivity contribution in [2.75, 3.05) is 6.61 Å². The van der Waals surface area contributed by atoms with Crippen LogP contribution in [-0.2, 0) is 16.8 Å². The summed E-state index contributed by atoms with van der Waals surface area (Å²) in [6.45, 7) is 8.86. The number of hydrogen-bond acceptors (Lipinski definition) is 5. The van der Waals surface area contributed by atoms with Crippen molar-refractivity contribution in [2.24, 2.45) is 11.7 Å². The molecule has 1 heterocycles. The van der Waals surface area contributed by atoms with Gasteiger partial charge in [0.1, 0.15) is 5.60 Å². The third kappa shape index (κ3) is 3.58. The van der Waals surface area contributed by atoms with Crippen molar-refractivity contribution in [2.45, 2.75) is 70.9 Å². The van der Waals surface area contributed by atoms with E-state index in [9.17, 15) is 0 Å². The van der Waals surface area contributed by atoms with Crippen molar-refractivity contribution >= 4 is 0 Å². The second-order valence-electron chi connectivity index (χ2n) is 6.81. The highest BCUT2D eigenvalue weighted by molar-refractivity contribution is 5.05. The van der Waals surface area contributed by atoms with Crippen LogP contribution >= 0.6 is 0 Å². The molecule has 1 aromatic rings. The molecule has 2 rings (SSSR count). The highest BCUT2D eigenvalue weighted by Gasteiger charge is 2.41. The molecule has 2 unspecified atom stereocenters. The van der Waals surface area contributed by atoms with Crippen LogP contribution < -0.4 is 5.73 Å². The maximum absolute atomic E-state index is 6.05. The molecule has 0 saturated heterocycles. The Morgan fingerprint density at radius 3 is 2.85 bits per heavy atom. The van der Waals surface area contributed by atoms with Crippen molar-refractivity contribution in [3.05, 3.63) is 11.7 Å². The zero-order valence-corrected chi connectivity index (χ0v) is 13.1. The van der Waals surface area contributed by atoms with Gasteiger partial charge in [-0.1, -0.05) is 18.5 Å². The van der Waals surface area contributed by atoms with E-state index < -0.39 is 0 Å². The fraction of sp³-hybridized carbons (Fsp3) is 0.867. The van der Waals surface area contributed by atoms with Crippen LogP contribution in [0.4, 0.5) is 0 Å². The number of rotatable bonds is 5. The van der Waals surface area contributed by atoms with Gasteiger partial charge >= 0.3 is 0 Å². The molecule has 2 atom stereocenters. The molecule has 20 heavy (non-hydrogen) atoms. The number of ether oxygens (including phenoxy) is 1. The van der Waals surface area contributed by atoms with E-state index in [4.69, 9.17) is 15.0 Å². The van der Waals surface area contributed by atoms with Crippen molar-refractivity contribution in [3.8, 4) is 0 Å². The molecule has 2 N–H and O–H groups in total. The SMILES string of the molecule is CCOC1(c2noc(CC(C)(C)N)n2)CCCC(C)C1. The number of nitrogens with two attached hydrogens (primary N) is 1. The van der Waals surface area contributed by atoms with E-state index in [0.717, 1.165) is 19.3 Å². The summed E-state index contributed by atoms with van der Waals surface area (Å²) < 4.78 is 11.4. The molecule has 0 radical (unpaired) electrons. The Morgan fingerprint density at radius 1 is 1.50 bits per heavy atom. The van der Waals surface area contributed by atoms with Crippen molar-refractivity contribution in [3.63, 3.8) is 0 Å². The van der Waals surface area contributed by atoms with E-state index in [1.54, 1.807) is 0 Å². The lowest BCUT2D eigenvalue weighted by Gasteiger charge is -2.37. The summed E-state index contributed by atoms with van der Waals surface area (Å²) in [7, 11) is 0. The number of aromatic nitrogens is 2. The van der Waals surface area contributed by atoms with E-state index in [0.29, 0.717) is 30.7 Å². The minimum absolute atomic E-state index is 0.345. The minimum Gasteiger partial charge on any atom is -0.367 e.